The van der Waals surface area contributed by atoms with Crippen molar-refractivity contribution in [2.75, 3.05) is 0 Å². The van der Waals surface area contributed by atoms with Gasteiger partial charge in [0, 0.05) is 19.3 Å². The topological polar surface area (TPSA) is 96.8 Å². The fraction of sp³-hybridized carbons (Fsp3) is 0.550. The highest BCUT2D eigenvalue weighted by atomic mass is 16.2. The summed E-state index contributed by atoms with van der Waals surface area (Å²) in [7, 11) is 0. The van der Waals surface area contributed by atoms with Crippen LogP contribution in [0.4, 0.5) is 0 Å². The van der Waals surface area contributed by atoms with Crippen molar-refractivity contribution < 1.29 is 19.2 Å². The van der Waals surface area contributed by atoms with Crippen molar-refractivity contribution in [3.05, 3.63) is 30.1 Å². The van der Waals surface area contributed by atoms with Gasteiger partial charge in [0.2, 0.25) is 12.0 Å². The van der Waals surface area contributed by atoms with E-state index >= 15 is 0 Å². The predicted octanol–water partition coefficient (Wildman–Crippen LogP) is 2.65. The van der Waals surface area contributed by atoms with Crippen LogP contribution in [0.15, 0.2) is 29.5 Å². The number of hydrogen-bond acceptors (Lipinski definition) is 6. The van der Waals surface area contributed by atoms with E-state index in [1.54, 1.807) is 12.1 Å². The van der Waals surface area contributed by atoms with Gasteiger partial charge in [0.25, 0.3) is 5.91 Å². The number of isocyanates is 1. The Morgan fingerprint density at radius 3 is 2.22 bits per heavy atom. The first kappa shape index (κ1) is 22.4. The van der Waals surface area contributed by atoms with Crippen LogP contribution in [-0.2, 0) is 24.7 Å². The van der Waals surface area contributed by atoms with Crippen molar-refractivity contribution in [2.45, 2.75) is 59.0 Å². The van der Waals surface area contributed by atoms with E-state index in [0.717, 1.165) is 4.90 Å². The van der Waals surface area contributed by atoms with Crippen LogP contribution in [0.25, 0.3) is 0 Å². The minimum atomic E-state index is -1.49. The molecule has 1 rings (SSSR count). The molecule has 146 valence electrons. The molecule has 0 saturated carbocycles. The van der Waals surface area contributed by atoms with Gasteiger partial charge < -0.3 is 4.79 Å². The number of carbonyl (C=O) groups is 3. The molecule has 1 aromatic heterocycles. The summed E-state index contributed by atoms with van der Waals surface area (Å²) in [4.78, 5) is 57.4. The molecule has 1 heterocycles. The van der Waals surface area contributed by atoms with E-state index in [1.165, 1.54) is 25.4 Å². The molecule has 0 fully saturated rings. The van der Waals surface area contributed by atoms with Gasteiger partial charge in [-0.1, -0.05) is 27.7 Å². The molecular formula is C20H27N3O4. The summed E-state index contributed by atoms with van der Waals surface area (Å²) in [5.41, 5.74) is -1.00. The van der Waals surface area contributed by atoms with Crippen molar-refractivity contribution in [1.82, 2.24) is 9.88 Å². The number of aliphatic imine (C=N–C) groups is 1. The molecule has 0 N–H and O–H groups in total. The molecule has 1 aromatic rings. The SMILES string of the molecule is CC(=O)N(C(=O)[C@H](CC(C)C)N=C=O)[C@](C=O)(CC(C)C)c1ccncc1. The van der Waals surface area contributed by atoms with E-state index in [0.29, 0.717) is 11.8 Å². The summed E-state index contributed by atoms with van der Waals surface area (Å²) in [6, 6.07) is 2.15. The van der Waals surface area contributed by atoms with Crippen LogP contribution in [0.5, 0.6) is 0 Å². The smallest absolute Gasteiger partial charge is 0.256 e. The highest BCUT2D eigenvalue weighted by Gasteiger charge is 2.46. The normalized spacial score (nSPS) is 14.2. The highest BCUT2D eigenvalue weighted by Crippen LogP contribution is 2.35. The van der Waals surface area contributed by atoms with Crippen LogP contribution in [0.3, 0.4) is 0 Å². The molecule has 7 nitrogen and oxygen atoms in total. The summed E-state index contributed by atoms with van der Waals surface area (Å²) in [6.07, 6.45) is 5.56. The molecule has 2 amide bonds. The van der Waals surface area contributed by atoms with Gasteiger partial charge >= 0.3 is 0 Å². The maximum absolute atomic E-state index is 13.2. The van der Waals surface area contributed by atoms with Crippen LogP contribution >= 0.6 is 0 Å². The molecule has 7 heteroatoms. The van der Waals surface area contributed by atoms with Gasteiger partial charge in [-0.2, -0.15) is 4.99 Å². The number of rotatable bonds is 9. The monoisotopic (exact) mass is 373 g/mol. The van der Waals surface area contributed by atoms with Crippen molar-refractivity contribution in [2.24, 2.45) is 16.8 Å². The van der Waals surface area contributed by atoms with E-state index in [1.807, 2.05) is 27.7 Å². The Labute approximate surface area is 159 Å². The van der Waals surface area contributed by atoms with Crippen LogP contribution < -0.4 is 0 Å². The first-order chi connectivity index (χ1) is 12.7. The first-order valence-corrected chi connectivity index (χ1v) is 8.98. The number of amides is 2. The second-order valence-electron chi connectivity index (χ2n) is 7.43. The number of hydrogen-bond donors (Lipinski definition) is 0. The number of carbonyl (C=O) groups excluding carboxylic acids is 4. The predicted molar refractivity (Wildman–Crippen MR) is 100 cm³/mol. The number of nitrogens with zero attached hydrogens (tertiary/aromatic N) is 3. The first-order valence-electron chi connectivity index (χ1n) is 8.98. The standard InChI is InChI=1S/C20H27N3O4/c1-14(2)10-18(22-13-25)19(27)23(16(5)26)20(12-24,11-15(3)4)17-6-8-21-9-7-17/h6-9,12,14-15,18H,10-11H2,1-5H3/t18-,20-/m0/s1. The van der Waals surface area contributed by atoms with Gasteiger partial charge in [0.15, 0.2) is 6.29 Å². The molecule has 27 heavy (non-hydrogen) atoms. The number of aldehydes is 1. The second-order valence-corrected chi connectivity index (χ2v) is 7.43. The Kier molecular flexibility index (Phi) is 8.19. The van der Waals surface area contributed by atoms with Crippen molar-refractivity contribution >= 4 is 24.2 Å². The number of aromatic nitrogens is 1. The summed E-state index contributed by atoms with van der Waals surface area (Å²) in [6.45, 7) is 8.79. The van der Waals surface area contributed by atoms with Crippen molar-refractivity contribution in [3.8, 4) is 0 Å². The van der Waals surface area contributed by atoms with Crippen molar-refractivity contribution in [3.63, 3.8) is 0 Å². The maximum atomic E-state index is 13.2. The van der Waals surface area contributed by atoms with Gasteiger partial charge in [-0.25, -0.2) is 4.79 Å². The lowest BCUT2D eigenvalue weighted by molar-refractivity contribution is -0.156. The minimum absolute atomic E-state index is 0.0103. The van der Waals surface area contributed by atoms with Gasteiger partial charge in [-0.15, -0.1) is 0 Å². The fourth-order valence-corrected chi connectivity index (χ4v) is 3.27. The lowest BCUT2D eigenvalue weighted by atomic mass is 9.81. The molecule has 0 spiro atoms. The molecule has 0 bridgehead atoms. The van der Waals surface area contributed by atoms with E-state index in [4.69, 9.17) is 0 Å². The lowest BCUT2D eigenvalue weighted by Gasteiger charge is -2.40. The third kappa shape index (κ3) is 5.41. The van der Waals surface area contributed by atoms with Crippen LogP contribution in [0.2, 0.25) is 0 Å². The van der Waals surface area contributed by atoms with E-state index in [-0.39, 0.29) is 24.7 Å². The third-order valence-electron chi connectivity index (χ3n) is 4.22. The maximum Gasteiger partial charge on any atom is 0.256 e. The Balaban J connectivity index is 3.60. The van der Waals surface area contributed by atoms with Crippen LogP contribution in [0.1, 0.15) is 53.0 Å². The van der Waals surface area contributed by atoms with Crippen molar-refractivity contribution in [1.29, 1.82) is 0 Å². The molecule has 0 radical (unpaired) electrons. The van der Waals surface area contributed by atoms with Gasteiger partial charge in [-0.3, -0.25) is 19.5 Å². The van der Waals surface area contributed by atoms with Gasteiger partial charge in [0.05, 0.1) is 0 Å². The summed E-state index contributed by atoms with van der Waals surface area (Å²) >= 11 is 0. The highest BCUT2D eigenvalue weighted by molar-refractivity contribution is 6.01. The average Bonchev–Trinajstić information content (AvgIpc) is 2.60. The molecule has 0 aliphatic rings. The zero-order valence-electron chi connectivity index (χ0n) is 16.5. The molecule has 0 aliphatic carbocycles. The van der Waals surface area contributed by atoms with Crippen LogP contribution in [0, 0.1) is 11.8 Å². The van der Waals surface area contributed by atoms with E-state index in [9.17, 15) is 19.2 Å². The third-order valence-corrected chi connectivity index (χ3v) is 4.22. The van der Waals surface area contributed by atoms with E-state index < -0.39 is 23.4 Å². The summed E-state index contributed by atoms with van der Waals surface area (Å²) in [5, 5.41) is 0. The fourth-order valence-electron chi connectivity index (χ4n) is 3.27. The zero-order chi connectivity index (χ0) is 20.6. The molecular weight excluding hydrogens is 346 g/mol. The lowest BCUT2D eigenvalue weighted by Crippen LogP contribution is -2.56. The van der Waals surface area contributed by atoms with E-state index in [2.05, 4.69) is 9.98 Å². The number of imide groups is 1. The zero-order valence-corrected chi connectivity index (χ0v) is 16.5. The van der Waals surface area contributed by atoms with Gasteiger partial charge in [-0.05, 0) is 42.4 Å². The van der Waals surface area contributed by atoms with Crippen LogP contribution in [-0.4, -0.2) is 40.1 Å². The second kappa shape index (κ2) is 9.88. The Morgan fingerprint density at radius 1 is 1.22 bits per heavy atom. The molecule has 0 aliphatic heterocycles. The molecule has 0 unspecified atom stereocenters. The largest absolute Gasteiger partial charge is 0.300 e. The molecule has 0 aromatic carbocycles. The quantitative estimate of drug-likeness (QED) is 0.377. The Bertz CT molecular complexity index is 711. The Morgan fingerprint density at radius 2 is 1.81 bits per heavy atom. The molecule has 2 atom stereocenters. The summed E-state index contributed by atoms with van der Waals surface area (Å²) in [5.74, 6) is -1.19. The minimum Gasteiger partial charge on any atom is -0.300 e. The molecule has 0 saturated heterocycles. The number of pyridine rings is 1. The van der Waals surface area contributed by atoms with Gasteiger partial charge in [0.1, 0.15) is 11.6 Å². The average molecular weight is 373 g/mol. The Hall–Kier alpha value is -2.66. The summed E-state index contributed by atoms with van der Waals surface area (Å²) < 4.78 is 0.